The number of carbonyl (C=O) groups is 7. The van der Waals surface area contributed by atoms with Crippen LogP contribution in [0.5, 0.6) is 11.5 Å². The molecule has 2 fully saturated rings. The van der Waals surface area contributed by atoms with Crippen molar-refractivity contribution in [1.82, 2.24) is 50.7 Å². The molecule has 6 amide bonds. The topological polar surface area (TPSA) is 261 Å². The van der Waals surface area contributed by atoms with E-state index in [-0.39, 0.29) is 55.2 Å². The van der Waals surface area contributed by atoms with Gasteiger partial charge in [0.1, 0.15) is 11.1 Å². The van der Waals surface area contributed by atoms with E-state index in [4.69, 9.17) is 0 Å². The standard InChI is InChI=1S/C26H28N10O10S2/c1-3-33-6-7-34(21(43)20(33)42)35(12-38)17(13-4-5-15(39)16(40)8-13)19(41)28-26(27-11-37)23(46)36-18(22(44)45)14(9-47-24(26)36)10-48-25-29-30-31-32(25)2/h4-5,8,11-12,17,24,39-40H,3,6-7,9-10H2,1-2H3,(H,27,37)(H,28,41)(H,44,45)/t17?,24-,26+/m0/s1. The number of phenolic OH excluding ortho intramolecular Hbond substituents is 2. The third-order valence-corrected chi connectivity index (χ3v) is 10.3. The van der Waals surface area contributed by atoms with Crippen molar-refractivity contribution in [3.05, 3.63) is 35.0 Å². The number of fused-ring (bicyclic) bond motifs is 1. The number of rotatable bonds is 13. The zero-order valence-corrected chi connectivity index (χ0v) is 26.8. The predicted molar refractivity (Wildman–Crippen MR) is 162 cm³/mol. The fourth-order valence-electron chi connectivity index (χ4n) is 5.44. The molecule has 1 aromatic heterocycles. The van der Waals surface area contributed by atoms with E-state index >= 15 is 0 Å². The Morgan fingerprint density at radius 2 is 1.94 bits per heavy atom. The SMILES string of the molecule is CCN1CCN(N(C=O)C(C(=O)N[C@]2(NC=O)C(=O)N3C(C(=O)O)=C(CSc4nnnn4C)CS[C@H]32)c2ccc(O)c(O)c2)C(=O)C1=O. The molecular weight excluding hydrogens is 676 g/mol. The smallest absolute Gasteiger partial charge is 0.352 e. The number of benzene rings is 1. The molecule has 1 aromatic carbocycles. The highest BCUT2D eigenvalue weighted by molar-refractivity contribution is 8.01. The Balaban J connectivity index is 1.49. The minimum Gasteiger partial charge on any atom is -0.504 e. The molecule has 2 aromatic rings. The highest BCUT2D eigenvalue weighted by Gasteiger charge is 2.66. The van der Waals surface area contributed by atoms with Crippen LogP contribution in [0.3, 0.4) is 0 Å². The molecule has 0 radical (unpaired) electrons. The summed E-state index contributed by atoms with van der Waals surface area (Å²) >= 11 is 2.17. The van der Waals surface area contributed by atoms with E-state index in [1.807, 2.05) is 0 Å². The maximum Gasteiger partial charge on any atom is 0.352 e. The van der Waals surface area contributed by atoms with Crippen LogP contribution in [-0.2, 0) is 40.6 Å². The molecular formula is C26H28N10O10S2. The van der Waals surface area contributed by atoms with Crippen LogP contribution < -0.4 is 10.6 Å². The van der Waals surface area contributed by atoms with E-state index in [1.165, 1.54) is 9.58 Å². The summed E-state index contributed by atoms with van der Waals surface area (Å²) in [6, 6.07) is 1.27. The second-order valence-corrected chi connectivity index (χ2v) is 12.5. The van der Waals surface area contributed by atoms with Gasteiger partial charge in [0.15, 0.2) is 17.5 Å². The lowest BCUT2D eigenvalue weighted by molar-refractivity contribution is -0.178. The Morgan fingerprint density at radius 3 is 2.54 bits per heavy atom. The number of hydrogen-bond donors (Lipinski definition) is 5. The number of aryl methyl sites for hydroxylation is 1. The van der Waals surface area contributed by atoms with Gasteiger partial charge in [-0.1, -0.05) is 17.8 Å². The average Bonchev–Trinajstić information content (AvgIpc) is 3.48. The van der Waals surface area contributed by atoms with Gasteiger partial charge in [-0.15, -0.1) is 16.9 Å². The summed E-state index contributed by atoms with van der Waals surface area (Å²) in [4.78, 5) is 92.7. The molecule has 3 aliphatic rings. The van der Waals surface area contributed by atoms with E-state index in [9.17, 15) is 48.9 Å². The van der Waals surface area contributed by atoms with Crippen molar-refractivity contribution in [3.63, 3.8) is 0 Å². The van der Waals surface area contributed by atoms with Gasteiger partial charge in [-0.05, 0) is 40.6 Å². The van der Waals surface area contributed by atoms with Crippen LogP contribution >= 0.6 is 23.5 Å². The monoisotopic (exact) mass is 704 g/mol. The third kappa shape index (κ3) is 5.72. The number of nitrogens with one attached hydrogen (secondary N) is 2. The van der Waals surface area contributed by atoms with Crippen LogP contribution in [0.25, 0.3) is 0 Å². The van der Waals surface area contributed by atoms with Gasteiger partial charge in [0.05, 0.1) is 6.54 Å². The van der Waals surface area contributed by atoms with Crippen molar-refractivity contribution in [1.29, 1.82) is 0 Å². The number of aromatic hydroxyl groups is 2. The number of phenols is 2. The number of thioether (sulfide) groups is 2. The first-order chi connectivity index (χ1) is 22.9. The van der Waals surface area contributed by atoms with Gasteiger partial charge in [0.2, 0.25) is 23.6 Å². The van der Waals surface area contributed by atoms with Crippen molar-refractivity contribution in [2.75, 3.05) is 31.1 Å². The fraction of sp³-hybridized carbons (Fsp3) is 0.385. The third-order valence-electron chi connectivity index (χ3n) is 7.80. The van der Waals surface area contributed by atoms with Gasteiger partial charge >= 0.3 is 17.8 Å². The van der Waals surface area contributed by atoms with E-state index in [0.29, 0.717) is 15.7 Å². The zero-order valence-electron chi connectivity index (χ0n) is 25.2. The number of aliphatic carboxylic acids is 1. The normalized spacial score (nSPS) is 21.3. The first kappa shape index (κ1) is 34.0. The Hall–Kier alpha value is -5.38. The molecule has 4 heterocycles. The number of carbonyl (C=O) groups excluding carboxylic acids is 6. The average molecular weight is 705 g/mol. The van der Waals surface area contributed by atoms with Crippen molar-refractivity contribution < 1.29 is 48.9 Å². The number of likely N-dealkylation sites (N-methyl/N-ethyl adjacent to an activating group) is 1. The first-order valence-corrected chi connectivity index (χ1v) is 16.1. The van der Waals surface area contributed by atoms with Gasteiger partial charge in [0, 0.05) is 31.6 Å². The Labute approximate surface area is 279 Å². The molecule has 0 aliphatic carbocycles. The summed E-state index contributed by atoms with van der Waals surface area (Å²) < 4.78 is 1.38. The molecule has 20 nitrogen and oxygen atoms in total. The molecule has 3 atom stereocenters. The number of tetrazole rings is 1. The second kappa shape index (κ2) is 13.4. The van der Waals surface area contributed by atoms with Gasteiger partial charge in [0.25, 0.3) is 11.8 Å². The highest BCUT2D eigenvalue weighted by atomic mass is 32.2. The highest BCUT2D eigenvalue weighted by Crippen LogP contribution is 2.46. The summed E-state index contributed by atoms with van der Waals surface area (Å²) in [5.41, 5.74) is -2.40. The number of carboxylic acids is 1. The number of amides is 6. The number of aromatic nitrogens is 4. The van der Waals surface area contributed by atoms with Gasteiger partial charge in [-0.25, -0.2) is 19.5 Å². The summed E-state index contributed by atoms with van der Waals surface area (Å²) in [5, 5.41) is 46.6. The fourth-order valence-corrected chi connectivity index (χ4v) is 7.86. The predicted octanol–water partition coefficient (Wildman–Crippen LogP) is -2.67. The lowest BCUT2D eigenvalue weighted by atomic mass is 9.94. The molecule has 22 heteroatoms. The van der Waals surface area contributed by atoms with Crippen molar-refractivity contribution >= 4 is 65.9 Å². The number of hydrogen-bond acceptors (Lipinski definition) is 14. The summed E-state index contributed by atoms with van der Waals surface area (Å²) in [7, 11) is 1.60. The van der Waals surface area contributed by atoms with Crippen molar-refractivity contribution in [2.45, 2.75) is 29.2 Å². The van der Waals surface area contributed by atoms with Gasteiger partial charge < -0.3 is 30.9 Å². The molecule has 48 heavy (non-hydrogen) atoms. The molecule has 5 N–H and O–H groups in total. The van der Waals surface area contributed by atoms with Crippen LogP contribution in [0.15, 0.2) is 34.6 Å². The van der Waals surface area contributed by atoms with E-state index in [2.05, 4.69) is 26.2 Å². The number of β-lactam (4-membered cyclic amide) rings is 1. The maximum absolute atomic E-state index is 14.2. The maximum atomic E-state index is 14.2. The number of nitrogens with zero attached hydrogens (tertiary/aromatic N) is 8. The Kier molecular flexibility index (Phi) is 9.47. The molecule has 0 saturated carbocycles. The van der Waals surface area contributed by atoms with Crippen LogP contribution in [0.2, 0.25) is 0 Å². The van der Waals surface area contributed by atoms with Crippen LogP contribution in [0.4, 0.5) is 0 Å². The molecule has 0 bridgehead atoms. The lowest BCUT2D eigenvalue weighted by Crippen LogP contribution is -2.85. The molecule has 254 valence electrons. The van der Waals surface area contributed by atoms with Crippen LogP contribution in [0, 0.1) is 0 Å². The van der Waals surface area contributed by atoms with Crippen molar-refractivity contribution in [3.8, 4) is 11.5 Å². The minimum absolute atomic E-state index is 0.0153. The largest absolute Gasteiger partial charge is 0.504 e. The van der Waals surface area contributed by atoms with Gasteiger partial charge in [-0.3, -0.25) is 33.7 Å². The quantitative estimate of drug-likeness (QED) is 0.0356. The van der Waals surface area contributed by atoms with E-state index in [1.54, 1.807) is 14.0 Å². The molecule has 3 aliphatic heterocycles. The van der Waals surface area contributed by atoms with Crippen LogP contribution in [-0.4, -0.2) is 140 Å². The molecule has 0 spiro atoms. The Morgan fingerprint density at radius 1 is 1.19 bits per heavy atom. The molecule has 1 unspecified atom stereocenters. The first-order valence-electron chi connectivity index (χ1n) is 14.0. The van der Waals surface area contributed by atoms with Gasteiger partial charge in [-0.2, -0.15) is 0 Å². The number of piperazine rings is 1. The summed E-state index contributed by atoms with van der Waals surface area (Å²) in [5.74, 6) is -6.81. The van der Waals surface area contributed by atoms with E-state index < -0.39 is 58.2 Å². The summed E-state index contributed by atoms with van der Waals surface area (Å²) in [6.07, 6.45) is 0.241. The van der Waals surface area contributed by atoms with Crippen molar-refractivity contribution in [2.24, 2.45) is 7.05 Å². The number of hydrazine groups is 1. The van der Waals surface area contributed by atoms with Crippen LogP contribution in [0.1, 0.15) is 18.5 Å². The lowest BCUT2D eigenvalue weighted by Gasteiger charge is -2.56. The second-order valence-electron chi connectivity index (χ2n) is 10.5. The van der Waals surface area contributed by atoms with E-state index in [0.717, 1.165) is 51.6 Å². The zero-order chi connectivity index (χ0) is 34.9. The molecule has 2 saturated heterocycles. The minimum atomic E-state index is -2.22. The Bertz CT molecular complexity index is 1740. The number of carboxylic acid groups (broad SMARTS) is 1. The molecule has 5 rings (SSSR count). The summed E-state index contributed by atoms with van der Waals surface area (Å²) in [6.45, 7) is 1.67.